The molecule has 2 nitrogen and oxygen atoms in total. The maximum atomic E-state index is 2.25. The first-order chi connectivity index (χ1) is 3.83. The van der Waals surface area contributed by atoms with E-state index in [9.17, 15) is 0 Å². The van der Waals surface area contributed by atoms with Crippen LogP contribution < -0.4 is 0 Å². The van der Waals surface area contributed by atoms with Crippen molar-refractivity contribution in [3.63, 3.8) is 0 Å². The van der Waals surface area contributed by atoms with Crippen LogP contribution in [0.3, 0.4) is 0 Å². The molecule has 0 N–H and O–H groups in total. The van der Waals surface area contributed by atoms with Crippen LogP contribution >= 0.6 is 0 Å². The lowest BCUT2D eigenvalue weighted by Crippen LogP contribution is -2.09. The molecule has 0 aromatic rings. The van der Waals surface area contributed by atoms with Gasteiger partial charge in [0.1, 0.15) is 13.6 Å². The Labute approximate surface area is 49.8 Å². The van der Waals surface area contributed by atoms with Gasteiger partial charge < -0.3 is 0 Å². The van der Waals surface area contributed by atoms with Crippen LogP contribution in [-0.2, 0) is 0 Å². The summed E-state index contributed by atoms with van der Waals surface area (Å²) in [4.78, 5) is 0. The van der Waals surface area contributed by atoms with Gasteiger partial charge in [-0.25, -0.2) is 0 Å². The summed E-state index contributed by atoms with van der Waals surface area (Å²) in [6, 6.07) is 0. The van der Waals surface area contributed by atoms with Crippen LogP contribution in [0.25, 0.3) is 0 Å². The van der Waals surface area contributed by atoms with E-state index in [0.717, 1.165) is 13.1 Å². The van der Waals surface area contributed by atoms with Crippen LogP contribution in [0.4, 0.5) is 0 Å². The Bertz CT molecular complexity index is 145. The molecule has 1 aliphatic rings. The van der Waals surface area contributed by atoms with E-state index in [4.69, 9.17) is 0 Å². The van der Waals surface area contributed by atoms with E-state index in [-0.39, 0.29) is 0 Å². The van der Waals surface area contributed by atoms with E-state index < -0.39 is 0 Å². The Morgan fingerprint density at radius 3 is 2.62 bits per heavy atom. The van der Waals surface area contributed by atoms with Crippen LogP contribution in [0.5, 0.6) is 0 Å². The summed E-state index contributed by atoms with van der Waals surface area (Å²) >= 11 is 0. The quantitative estimate of drug-likeness (QED) is 0.413. The van der Waals surface area contributed by atoms with Crippen LogP contribution in [0.15, 0.2) is 0 Å². The molecule has 2 heteroatoms. The third kappa shape index (κ3) is 0.941. The Balaban J connectivity index is 2.56. The fourth-order valence-electron chi connectivity index (χ4n) is 0.796. The normalized spacial score (nSPS) is 18.2. The second kappa shape index (κ2) is 2.07. The highest BCUT2D eigenvalue weighted by Gasteiger charge is 2.12. The standard InChI is InChI=1S/C6H12N2/c1-3-8-5-4-7(2)6-8/h4,6H,3,5H2,1-2H3/q+2. The zero-order chi connectivity index (χ0) is 5.98. The Morgan fingerprint density at radius 2 is 2.38 bits per heavy atom. The van der Waals surface area contributed by atoms with Crippen molar-refractivity contribution >= 4 is 12.6 Å². The van der Waals surface area contributed by atoms with Gasteiger partial charge in [0.05, 0.1) is 0 Å². The first-order valence-corrected chi connectivity index (χ1v) is 2.97. The van der Waals surface area contributed by atoms with Crippen molar-refractivity contribution in [2.24, 2.45) is 0 Å². The largest absolute Gasteiger partial charge is 0.401 e. The van der Waals surface area contributed by atoms with Crippen molar-refractivity contribution in [1.29, 1.82) is 0 Å². The second-order valence-corrected chi connectivity index (χ2v) is 2.05. The molecule has 1 aliphatic heterocycles. The van der Waals surface area contributed by atoms with Gasteiger partial charge in [0.25, 0.3) is 0 Å². The van der Waals surface area contributed by atoms with Crippen molar-refractivity contribution in [3.05, 3.63) is 0 Å². The highest BCUT2D eigenvalue weighted by molar-refractivity contribution is 5.61. The summed E-state index contributed by atoms with van der Waals surface area (Å²) in [7, 11) is 2.05. The lowest BCUT2D eigenvalue weighted by molar-refractivity contribution is -0.527. The first-order valence-electron chi connectivity index (χ1n) is 2.97. The molecule has 0 aliphatic carbocycles. The van der Waals surface area contributed by atoms with Crippen LogP contribution in [-0.4, -0.2) is 41.8 Å². The van der Waals surface area contributed by atoms with E-state index >= 15 is 0 Å². The molecule has 0 spiro atoms. The lowest BCUT2D eigenvalue weighted by atomic mass is 10.6. The minimum absolute atomic E-state index is 1.08. The average Bonchev–Trinajstić information content (AvgIpc) is 2.14. The van der Waals surface area contributed by atoms with Crippen molar-refractivity contribution < 1.29 is 9.15 Å². The summed E-state index contributed by atoms with van der Waals surface area (Å²) < 4.78 is 4.34. The molecule has 0 radical (unpaired) electrons. The fraction of sp³-hybridized carbons (Fsp3) is 0.667. The van der Waals surface area contributed by atoms with Gasteiger partial charge in [-0.3, -0.25) is 0 Å². The zero-order valence-electron chi connectivity index (χ0n) is 5.46. The first kappa shape index (κ1) is 5.48. The number of hydrogen-bond acceptors (Lipinski definition) is 0. The molecule has 1 heterocycles. The molecule has 1 rings (SSSR count). The summed E-state index contributed by atoms with van der Waals surface area (Å²) in [5, 5.41) is 0. The van der Waals surface area contributed by atoms with Gasteiger partial charge in [0, 0.05) is 0 Å². The van der Waals surface area contributed by atoms with Gasteiger partial charge >= 0.3 is 6.34 Å². The van der Waals surface area contributed by atoms with Crippen molar-refractivity contribution in [2.75, 3.05) is 20.1 Å². The monoisotopic (exact) mass is 112 g/mol. The van der Waals surface area contributed by atoms with Gasteiger partial charge in [-0.15, -0.1) is 0 Å². The van der Waals surface area contributed by atoms with E-state index in [1.54, 1.807) is 0 Å². The molecule has 0 fully saturated rings. The van der Waals surface area contributed by atoms with Gasteiger partial charge in [-0.1, -0.05) is 0 Å². The van der Waals surface area contributed by atoms with E-state index in [2.05, 4.69) is 35.7 Å². The highest BCUT2D eigenvalue weighted by Crippen LogP contribution is 1.77. The van der Waals surface area contributed by atoms with Crippen molar-refractivity contribution in [3.8, 4) is 0 Å². The molecular formula is C6H12N2+2. The third-order valence-electron chi connectivity index (χ3n) is 1.36. The minimum atomic E-state index is 1.08. The Morgan fingerprint density at radius 1 is 1.62 bits per heavy atom. The van der Waals surface area contributed by atoms with Gasteiger partial charge in [-0.05, 0) is 6.92 Å². The summed E-state index contributed by atoms with van der Waals surface area (Å²) in [5.74, 6) is 0. The molecule has 0 unspecified atom stereocenters. The SMILES string of the molecule is CC[N+]1=C[N+](C)=CC1. The molecule has 44 valence electrons. The van der Waals surface area contributed by atoms with Gasteiger partial charge in [0.2, 0.25) is 12.8 Å². The number of nitrogens with zero attached hydrogens (tertiary/aromatic N) is 2. The fourth-order valence-corrected chi connectivity index (χ4v) is 0.796. The Hall–Kier alpha value is -0.660. The molecule has 0 saturated carbocycles. The molecule has 0 aromatic carbocycles. The number of rotatable bonds is 1. The van der Waals surface area contributed by atoms with Crippen LogP contribution in [0, 0.1) is 0 Å². The molecule has 8 heavy (non-hydrogen) atoms. The molecule has 0 amide bonds. The zero-order valence-corrected chi connectivity index (χ0v) is 5.46. The second-order valence-electron chi connectivity index (χ2n) is 2.05. The van der Waals surface area contributed by atoms with Crippen molar-refractivity contribution in [1.82, 2.24) is 0 Å². The summed E-state index contributed by atoms with van der Waals surface area (Å²) in [6.45, 7) is 4.34. The van der Waals surface area contributed by atoms with Crippen LogP contribution in [0.1, 0.15) is 6.92 Å². The summed E-state index contributed by atoms with van der Waals surface area (Å²) in [5.41, 5.74) is 0. The van der Waals surface area contributed by atoms with E-state index in [0.29, 0.717) is 0 Å². The maximum absolute atomic E-state index is 2.25. The number of hydrogen-bond donors (Lipinski definition) is 0. The van der Waals surface area contributed by atoms with Gasteiger partial charge in [-0.2, -0.15) is 9.15 Å². The topological polar surface area (TPSA) is 6.02 Å². The highest BCUT2D eigenvalue weighted by atomic mass is 15.2. The molecular weight excluding hydrogens is 100 g/mol. The van der Waals surface area contributed by atoms with E-state index in [1.807, 2.05) is 0 Å². The predicted molar refractivity (Wildman–Crippen MR) is 34.0 cm³/mol. The van der Waals surface area contributed by atoms with Crippen molar-refractivity contribution in [2.45, 2.75) is 6.92 Å². The third-order valence-corrected chi connectivity index (χ3v) is 1.36. The molecule has 0 aromatic heterocycles. The Kier molecular flexibility index (Phi) is 1.42. The predicted octanol–water partition coefficient (Wildman–Crippen LogP) is -0.226. The summed E-state index contributed by atoms with van der Waals surface area (Å²) in [6.07, 6.45) is 4.27. The van der Waals surface area contributed by atoms with E-state index in [1.165, 1.54) is 0 Å². The maximum Gasteiger partial charge on any atom is 0.401 e. The molecule has 0 bridgehead atoms. The smallest absolute Gasteiger partial charge is 0.171 e. The minimum Gasteiger partial charge on any atom is -0.171 e. The average molecular weight is 112 g/mol. The lowest BCUT2D eigenvalue weighted by Gasteiger charge is -1.80. The molecule has 0 saturated heterocycles. The molecule has 0 atom stereocenters. The van der Waals surface area contributed by atoms with Gasteiger partial charge in [0.15, 0.2) is 0 Å². The van der Waals surface area contributed by atoms with Crippen LogP contribution in [0.2, 0.25) is 0 Å².